The lowest BCUT2D eigenvalue weighted by atomic mass is 10.2. The van der Waals surface area contributed by atoms with E-state index in [2.05, 4.69) is 9.97 Å². The molecule has 0 N–H and O–H groups in total. The van der Waals surface area contributed by atoms with Crippen LogP contribution in [0.3, 0.4) is 0 Å². The summed E-state index contributed by atoms with van der Waals surface area (Å²) < 4.78 is 5.29. The topological polar surface area (TPSA) is 95.2 Å². The van der Waals surface area contributed by atoms with Crippen molar-refractivity contribution in [3.05, 3.63) is 74.9 Å². The number of pyridine rings is 1. The van der Waals surface area contributed by atoms with Crippen molar-refractivity contribution in [3.8, 4) is 10.7 Å². The fraction of sp³-hybridized carbons (Fsp3) is 0.118. The minimum absolute atomic E-state index is 0.00613. The van der Waals surface area contributed by atoms with Crippen LogP contribution in [0.5, 0.6) is 0 Å². The van der Waals surface area contributed by atoms with E-state index in [1.807, 2.05) is 18.2 Å². The number of rotatable bonds is 5. The standard InChI is InChI=1S/C17H13N3O4S/c1-11-15(25-16(19-11)14-4-2-3-9-18-14)17(21)24-10-12-5-7-13(8-6-12)20(22)23/h2-9H,10H2,1H3. The van der Waals surface area contributed by atoms with Crippen LogP contribution in [0.2, 0.25) is 0 Å². The molecule has 0 aliphatic rings. The molecular weight excluding hydrogens is 342 g/mol. The predicted octanol–water partition coefficient (Wildman–Crippen LogP) is 3.78. The van der Waals surface area contributed by atoms with Gasteiger partial charge in [-0.2, -0.15) is 0 Å². The highest BCUT2D eigenvalue weighted by atomic mass is 32.1. The number of nitro groups is 1. The Labute approximate surface area is 147 Å². The Morgan fingerprint density at radius 1 is 1.24 bits per heavy atom. The average molecular weight is 355 g/mol. The second-order valence-corrected chi connectivity index (χ2v) is 6.15. The van der Waals surface area contributed by atoms with Gasteiger partial charge < -0.3 is 4.74 Å². The van der Waals surface area contributed by atoms with E-state index >= 15 is 0 Å². The lowest BCUT2D eigenvalue weighted by Crippen LogP contribution is -2.04. The zero-order valence-corrected chi connectivity index (χ0v) is 14.0. The van der Waals surface area contributed by atoms with Gasteiger partial charge in [-0.3, -0.25) is 15.1 Å². The number of aryl methyl sites for hydroxylation is 1. The highest BCUT2D eigenvalue weighted by Gasteiger charge is 2.18. The first-order chi connectivity index (χ1) is 12.0. The minimum Gasteiger partial charge on any atom is -0.457 e. The maximum absolute atomic E-state index is 12.3. The highest BCUT2D eigenvalue weighted by molar-refractivity contribution is 7.17. The summed E-state index contributed by atoms with van der Waals surface area (Å²) in [6, 6.07) is 11.4. The second kappa shape index (κ2) is 7.18. The van der Waals surface area contributed by atoms with Gasteiger partial charge in [0.05, 0.1) is 16.3 Å². The van der Waals surface area contributed by atoms with Crippen molar-refractivity contribution in [2.24, 2.45) is 0 Å². The first kappa shape index (κ1) is 16.7. The van der Waals surface area contributed by atoms with Crippen LogP contribution in [0.4, 0.5) is 5.69 Å². The van der Waals surface area contributed by atoms with Crippen LogP contribution in [-0.4, -0.2) is 20.9 Å². The number of esters is 1. The maximum Gasteiger partial charge on any atom is 0.350 e. The Hall–Kier alpha value is -3.13. The van der Waals surface area contributed by atoms with Gasteiger partial charge in [-0.1, -0.05) is 6.07 Å². The first-order valence-corrected chi connectivity index (χ1v) is 8.15. The molecule has 0 radical (unpaired) electrons. The third-order valence-corrected chi connectivity index (χ3v) is 4.54. The molecule has 8 heteroatoms. The number of ether oxygens (including phenoxy) is 1. The number of thiazole rings is 1. The van der Waals surface area contributed by atoms with Crippen LogP contribution in [-0.2, 0) is 11.3 Å². The van der Waals surface area contributed by atoms with Crippen LogP contribution in [0.1, 0.15) is 20.9 Å². The monoisotopic (exact) mass is 355 g/mol. The van der Waals surface area contributed by atoms with Crippen molar-refractivity contribution < 1.29 is 14.5 Å². The Morgan fingerprint density at radius 2 is 2.00 bits per heavy atom. The molecule has 2 heterocycles. The van der Waals surface area contributed by atoms with Crippen LogP contribution in [0, 0.1) is 17.0 Å². The number of hydrogen-bond donors (Lipinski definition) is 0. The van der Waals surface area contributed by atoms with Crippen LogP contribution >= 0.6 is 11.3 Å². The highest BCUT2D eigenvalue weighted by Crippen LogP contribution is 2.27. The fourth-order valence-corrected chi connectivity index (χ4v) is 3.05. The fourth-order valence-electron chi connectivity index (χ4n) is 2.11. The number of nitro benzene ring substituents is 1. The molecule has 3 rings (SSSR count). The number of non-ortho nitro benzene ring substituents is 1. The Bertz CT molecular complexity index is 907. The van der Waals surface area contributed by atoms with Crippen molar-refractivity contribution in [2.45, 2.75) is 13.5 Å². The van der Waals surface area contributed by atoms with E-state index in [9.17, 15) is 14.9 Å². The Balaban J connectivity index is 1.69. The predicted molar refractivity (Wildman–Crippen MR) is 92.3 cm³/mol. The molecule has 0 saturated carbocycles. The zero-order valence-electron chi connectivity index (χ0n) is 13.2. The summed E-state index contributed by atoms with van der Waals surface area (Å²) in [5, 5.41) is 11.3. The van der Waals surface area contributed by atoms with Gasteiger partial charge in [-0.25, -0.2) is 9.78 Å². The third kappa shape index (κ3) is 3.86. The van der Waals surface area contributed by atoms with E-state index in [0.29, 0.717) is 26.8 Å². The van der Waals surface area contributed by atoms with E-state index < -0.39 is 10.9 Å². The summed E-state index contributed by atoms with van der Waals surface area (Å²) in [4.78, 5) is 31.4. The average Bonchev–Trinajstić information content (AvgIpc) is 3.02. The number of carbonyl (C=O) groups is 1. The summed E-state index contributed by atoms with van der Waals surface area (Å²) in [5.41, 5.74) is 1.95. The first-order valence-electron chi connectivity index (χ1n) is 7.34. The zero-order chi connectivity index (χ0) is 17.8. The van der Waals surface area contributed by atoms with E-state index in [1.54, 1.807) is 25.3 Å². The van der Waals surface area contributed by atoms with Crippen molar-refractivity contribution >= 4 is 23.0 Å². The summed E-state index contributed by atoms with van der Waals surface area (Å²) in [5.74, 6) is -0.476. The van der Waals surface area contributed by atoms with Gasteiger partial charge in [0.2, 0.25) is 0 Å². The third-order valence-electron chi connectivity index (χ3n) is 3.38. The molecule has 2 aromatic heterocycles. The van der Waals surface area contributed by atoms with Gasteiger partial charge in [0.15, 0.2) is 0 Å². The molecule has 0 saturated heterocycles. The number of nitrogens with zero attached hydrogens (tertiary/aromatic N) is 3. The molecule has 0 aliphatic carbocycles. The summed E-state index contributed by atoms with van der Waals surface area (Å²) >= 11 is 1.22. The number of benzene rings is 1. The lowest BCUT2D eigenvalue weighted by molar-refractivity contribution is -0.384. The van der Waals surface area contributed by atoms with Gasteiger partial charge >= 0.3 is 5.97 Å². The van der Waals surface area contributed by atoms with E-state index in [1.165, 1.54) is 23.5 Å². The molecule has 0 unspecified atom stereocenters. The molecule has 3 aromatic rings. The van der Waals surface area contributed by atoms with Crippen LogP contribution in [0.15, 0.2) is 48.7 Å². The quantitative estimate of drug-likeness (QED) is 0.393. The van der Waals surface area contributed by atoms with Gasteiger partial charge in [0.1, 0.15) is 16.5 Å². The van der Waals surface area contributed by atoms with Crippen LogP contribution in [0.25, 0.3) is 10.7 Å². The summed E-state index contributed by atoms with van der Waals surface area (Å²) in [6.07, 6.45) is 1.67. The van der Waals surface area contributed by atoms with E-state index in [4.69, 9.17) is 4.74 Å². The van der Waals surface area contributed by atoms with Crippen molar-refractivity contribution in [1.82, 2.24) is 9.97 Å². The van der Waals surface area contributed by atoms with E-state index in [0.717, 1.165) is 0 Å². The molecule has 0 spiro atoms. The molecule has 0 aliphatic heterocycles. The number of carbonyl (C=O) groups excluding carboxylic acids is 1. The lowest BCUT2D eigenvalue weighted by Gasteiger charge is -2.03. The van der Waals surface area contributed by atoms with Crippen LogP contribution < -0.4 is 0 Å². The van der Waals surface area contributed by atoms with Gasteiger partial charge in [-0.15, -0.1) is 11.3 Å². The second-order valence-electron chi connectivity index (χ2n) is 5.15. The molecule has 126 valence electrons. The molecule has 0 atom stereocenters. The molecule has 0 fully saturated rings. The maximum atomic E-state index is 12.3. The summed E-state index contributed by atoms with van der Waals surface area (Å²) in [6.45, 7) is 1.78. The molecule has 1 aromatic carbocycles. The minimum atomic E-state index is -0.477. The summed E-state index contributed by atoms with van der Waals surface area (Å²) in [7, 11) is 0. The van der Waals surface area contributed by atoms with Crippen molar-refractivity contribution in [1.29, 1.82) is 0 Å². The van der Waals surface area contributed by atoms with Gasteiger partial charge in [-0.05, 0) is 36.8 Å². The van der Waals surface area contributed by atoms with Gasteiger partial charge in [0.25, 0.3) is 5.69 Å². The molecule has 0 amide bonds. The van der Waals surface area contributed by atoms with E-state index in [-0.39, 0.29) is 12.3 Å². The Kier molecular flexibility index (Phi) is 4.80. The Morgan fingerprint density at radius 3 is 2.64 bits per heavy atom. The normalized spacial score (nSPS) is 10.4. The van der Waals surface area contributed by atoms with Crippen molar-refractivity contribution in [3.63, 3.8) is 0 Å². The molecule has 0 bridgehead atoms. The SMILES string of the molecule is Cc1nc(-c2ccccn2)sc1C(=O)OCc1ccc([N+](=O)[O-])cc1. The molecule has 25 heavy (non-hydrogen) atoms. The number of hydrogen-bond acceptors (Lipinski definition) is 7. The molecule has 7 nitrogen and oxygen atoms in total. The smallest absolute Gasteiger partial charge is 0.350 e. The molecular formula is C17H13N3O4S. The number of aromatic nitrogens is 2. The van der Waals surface area contributed by atoms with Crippen molar-refractivity contribution in [2.75, 3.05) is 0 Å². The van der Waals surface area contributed by atoms with Gasteiger partial charge in [0, 0.05) is 18.3 Å². The largest absolute Gasteiger partial charge is 0.457 e.